The van der Waals surface area contributed by atoms with Gasteiger partial charge in [0.2, 0.25) is 5.90 Å². The average molecular weight is 443 g/mol. The summed E-state index contributed by atoms with van der Waals surface area (Å²) < 4.78 is 11.2. The number of aryl methyl sites for hydroxylation is 2. The first kappa shape index (κ1) is 25.3. The quantitative estimate of drug-likeness (QED) is 0.293. The lowest BCUT2D eigenvalue weighted by Gasteiger charge is -2.17. The van der Waals surface area contributed by atoms with Crippen LogP contribution >= 0.6 is 0 Å². The zero-order valence-corrected chi connectivity index (χ0v) is 19.5. The van der Waals surface area contributed by atoms with Crippen LogP contribution in [0.25, 0.3) is 5.70 Å². The van der Waals surface area contributed by atoms with E-state index in [0.29, 0.717) is 28.7 Å². The lowest BCUT2D eigenvalue weighted by atomic mass is 10.0. The minimum Gasteiger partial charge on any atom is -0.493 e. The number of ether oxygens (including phenoxy) is 2. The van der Waals surface area contributed by atoms with Gasteiger partial charge in [0.1, 0.15) is 12.7 Å². The Morgan fingerprint density at radius 2 is 1.91 bits per heavy atom. The van der Waals surface area contributed by atoms with Gasteiger partial charge in [-0.3, -0.25) is 4.98 Å². The zero-order valence-electron chi connectivity index (χ0n) is 19.5. The summed E-state index contributed by atoms with van der Waals surface area (Å²) in [4.78, 5) is 14.2. The number of aliphatic hydroxyl groups excluding tert-OH is 1. The average Bonchev–Trinajstić information content (AvgIpc) is 2.74. The Morgan fingerprint density at radius 3 is 2.50 bits per heavy atom. The second-order valence-corrected chi connectivity index (χ2v) is 8.09. The standard InChI is InChI=1S/C24H34N4O4/c1-14(2)7-20-10-19(9-16(4)27-20)24(32-26)28-17(5)18-8-15(3)23(22(11-18)30-6)31-13-21(29)12-25/h8-11,14,21,29H,5,7,12-13,25-26H2,1-4,6H3/b28-24-. The molecule has 5 N–H and O–H groups in total. The van der Waals surface area contributed by atoms with Crippen molar-refractivity contribution in [1.29, 1.82) is 0 Å². The van der Waals surface area contributed by atoms with E-state index in [1.165, 1.54) is 0 Å². The number of hydrogen-bond acceptors (Lipinski definition) is 8. The highest BCUT2D eigenvalue weighted by Crippen LogP contribution is 2.35. The first-order chi connectivity index (χ1) is 15.2. The Balaban J connectivity index is 2.37. The molecule has 1 heterocycles. The van der Waals surface area contributed by atoms with Gasteiger partial charge in [-0.1, -0.05) is 20.4 Å². The van der Waals surface area contributed by atoms with Crippen LogP contribution in [0.2, 0.25) is 0 Å². The molecule has 8 nitrogen and oxygen atoms in total. The predicted molar refractivity (Wildman–Crippen MR) is 127 cm³/mol. The highest BCUT2D eigenvalue weighted by Gasteiger charge is 2.15. The normalized spacial score (nSPS) is 12.6. The van der Waals surface area contributed by atoms with Crippen molar-refractivity contribution in [2.45, 2.75) is 40.2 Å². The number of aliphatic hydroxyl groups is 1. The van der Waals surface area contributed by atoms with Crippen LogP contribution in [0.1, 0.15) is 41.9 Å². The highest BCUT2D eigenvalue weighted by atomic mass is 16.6. The van der Waals surface area contributed by atoms with Gasteiger partial charge in [-0.05, 0) is 56.0 Å². The third-order valence-electron chi connectivity index (χ3n) is 4.70. The van der Waals surface area contributed by atoms with E-state index in [9.17, 15) is 5.11 Å². The molecule has 1 unspecified atom stereocenters. The summed E-state index contributed by atoms with van der Waals surface area (Å²) in [5.41, 5.74) is 9.94. The van der Waals surface area contributed by atoms with E-state index in [4.69, 9.17) is 25.9 Å². The molecule has 2 aromatic rings. The van der Waals surface area contributed by atoms with Crippen LogP contribution in [0.15, 0.2) is 35.8 Å². The van der Waals surface area contributed by atoms with Crippen LogP contribution in [0, 0.1) is 19.8 Å². The van der Waals surface area contributed by atoms with Crippen molar-refractivity contribution in [2.75, 3.05) is 20.3 Å². The minimum atomic E-state index is -0.757. The van der Waals surface area contributed by atoms with Crippen molar-refractivity contribution in [3.63, 3.8) is 0 Å². The number of methoxy groups -OCH3 is 1. The first-order valence-corrected chi connectivity index (χ1v) is 10.5. The number of aromatic nitrogens is 1. The Morgan fingerprint density at radius 1 is 1.19 bits per heavy atom. The maximum atomic E-state index is 9.69. The van der Waals surface area contributed by atoms with Crippen LogP contribution in [-0.2, 0) is 11.3 Å². The largest absolute Gasteiger partial charge is 0.493 e. The smallest absolute Gasteiger partial charge is 0.245 e. The topological polar surface area (TPSA) is 125 Å². The molecule has 1 aromatic carbocycles. The highest BCUT2D eigenvalue weighted by molar-refractivity contribution is 5.97. The molecule has 1 aromatic heterocycles. The fraction of sp³-hybridized carbons (Fsp3) is 0.417. The SMILES string of the molecule is C=C(/N=C(\ON)c1cc(C)nc(CC(C)C)c1)c1cc(C)c(OCC(O)CN)c(OC)c1. The Hall–Kier alpha value is -2.94. The van der Waals surface area contributed by atoms with Crippen LogP contribution < -0.4 is 21.1 Å². The summed E-state index contributed by atoms with van der Waals surface area (Å²) in [6.07, 6.45) is 0.0801. The molecule has 0 saturated heterocycles. The van der Waals surface area contributed by atoms with E-state index in [1.807, 2.05) is 32.0 Å². The van der Waals surface area contributed by atoms with E-state index in [0.717, 1.165) is 28.9 Å². The molecule has 0 aliphatic heterocycles. The van der Waals surface area contributed by atoms with Gasteiger partial charge in [-0.2, -0.15) is 5.90 Å². The van der Waals surface area contributed by atoms with E-state index in [2.05, 4.69) is 30.4 Å². The van der Waals surface area contributed by atoms with Crippen molar-refractivity contribution in [3.05, 3.63) is 58.9 Å². The molecule has 0 aliphatic carbocycles. The number of benzene rings is 1. The fourth-order valence-electron chi connectivity index (χ4n) is 3.22. The molecule has 0 amide bonds. The van der Waals surface area contributed by atoms with Crippen molar-refractivity contribution < 1.29 is 19.4 Å². The van der Waals surface area contributed by atoms with E-state index < -0.39 is 6.10 Å². The number of pyridine rings is 1. The molecule has 0 radical (unpaired) electrons. The number of rotatable bonds is 10. The van der Waals surface area contributed by atoms with E-state index >= 15 is 0 Å². The molecule has 0 bridgehead atoms. The van der Waals surface area contributed by atoms with Gasteiger partial charge in [0.15, 0.2) is 11.5 Å². The molecule has 174 valence electrons. The van der Waals surface area contributed by atoms with Crippen molar-refractivity contribution in [1.82, 2.24) is 4.98 Å². The van der Waals surface area contributed by atoms with Gasteiger partial charge in [0.05, 0.1) is 12.8 Å². The number of nitrogens with zero attached hydrogens (tertiary/aromatic N) is 2. The van der Waals surface area contributed by atoms with Crippen LogP contribution in [-0.4, -0.2) is 42.4 Å². The Kier molecular flexibility index (Phi) is 9.19. The van der Waals surface area contributed by atoms with Gasteiger partial charge >= 0.3 is 0 Å². The minimum absolute atomic E-state index is 0.0669. The maximum absolute atomic E-state index is 9.69. The molecule has 0 spiro atoms. The molecule has 2 rings (SSSR count). The van der Waals surface area contributed by atoms with Crippen LogP contribution in [0.5, 0.6) is 11.5 Å². The lowest BCUT2D eigenvalue weighted by Crippen LogP contribution is -2.26. The summed E-state index contributed by atoms with van der Waals surface area (Å²) in [7, 11) is 1.54. The summed E-state index contributed by atoms with van der Waals surface area (Å²) in [6, 6.07) is 7.43. The third-order valence-corrected chi connectivity index (χ3v) is 4.70. The van der Waals surface area contributed by atoms with Crippen molar-refractivity contribution in [2.24, 2.45) is 22.5 Å². The molecule has 0 fully saturated rings. The van der Waals surface area contributed by atoms with E-state index in [1.54, 1.807) is 13.2 Å². The van der Waals surface area contributed by atoms with Crippen LogP contribution in [0.4, 0.5) is 0 Å². The number of nitrogens with two attached hydrogens (primary N) is 2. The molecular weight excluding hydrogens is 408 g/mol. The predicted octanol–water partition coefficient (Wildman–Crippen LogP) is 2.91. The summed E-state index contributed by atoms with van der Waals surface area (Å²) >= 11 is 0. The summed E-state index contributed by atoms with van der Waals surface area (Å²) in [5, 5.41) is 9.69. The molecule has 1 atom stereocenters. The Bertz CT molecular complexity index is 973. The second-order valence-electron chi connectivity index (χ2n) is 8.09. The van der Waals surface area contributed by atoms with Gasteiger partial charge in [0.25, 0.3) is 0 Å². The monoisotopic (exact) mass is 442 g/mol. The lowest BCUT2D eigenvalue weighted by molar-refractivity contribution is 0.112. The van der Waals surface area contributed by atoms with Gasteiger partial charge in [-0.25, -0.2) is 4.99 Å². The molecule has 0 aliphatic rings. The molecule has 8 heteroatoms. The summed E-state index contributed by atoms with van der Waals surface area (Å²) in [6.45, 7) is 12.3. The van der Waals surface area contributed by atoms with E-state index in [-0.39, 0.29) is 19.0 Å². The second kappa shape index (κ2) is 11.6. The molecule has 0 saturated carbocycles. The fourth-order valence-corrected chi connectivity index (χ4v) is 3.22. The number of hydrogen-bond donors (Lipinski definition) is 3. The number of aliphatic imine (C=N–C) groups is 1. The molecule has 32 heavy (non-hydrogen) atoms. The third kappa shape index (κ3) is 6.78. The molecular formula is C24H34N4O4. The first-order valence-electron chi connectivity index (χ1n) is 10.5. The Labute approximate surface area is 189 Å². The van der Waals surface area contributed by atoms with Gasteiger partial charge < -0.3 is 25.2 Å². The maximum Gasteiger partial charge on any atom is 0.245 e. The van der Waals surface area contributed by atoms with Gasteiger partial charge in [-0.15, -0.1) is 0 Å². The summed E-state index contributed by atoms with van der Waals surface area (Å²) in [5.74, 6) is 7.28. The van der Waals surface area contributed by atoms with Gasteiger partial charge in [0, 0.05) is 29.1 Å². The van der Waals surface area contributed by atoms with Crippen molar-refractivity contribution in [3.8, 4) is 11.5 Å². The van der Waals surface area contributed by atoms with Crippen LogP contribution in [0.3, 0.4) is 0 Å². The van der Waals surface area contributed by atoms with Crippen molar-refractivity contribution >= 4 is 11.6 Å². The zero-order chi connectivity index (χ0) is 23.8.